The van der Waals surface area contributed by atoms with Gasteiger partial charge in [0.2, 0.25) is 0 Å². The first-order valence-electron chi connectivity index (χ1n) is 6.77. The van der Waals surface area contributed by atoms with Crippen molar-refractivity contribution in [3.63, 3.8) is 0 Å². The number of hydrogen-bond acceptors (Lipinski definition) is 6. The number of carbonyl (C=O) groups is 1. The van der Waals surface area contributed by atoms with E-state index in [1.807, 2.05) is 0 Å². The van der Waals surface area contributed by atoms with Crippen LogP contribution in [0.5, 0.6) is 11.5 Å². The van der Waals surface area contributed by atoms with Gasteiger partial charge in [-0.3, -0.25) is 4.99 Å². The van der Waals surface area contributed by atoms with Gasteiger partial charge in [0.1, 0.15) is 28.4 Å². The molecule has 2 rings (SSSR count). The van der Waals surface area contributed by atoms with Crippen molar-refractivity contribution in [3.05, 3.63) is 29.5 Å². The number of cyclic esters (lactones) is 1. The van der Waals surface area contributed by atoms with Crippen molar-refractivity contribution in [1.29, 1.82) is 0 Å². The fraction of sp³-hybridized carbons (Fsp3) is 0.375. The lowest BCUT2D eigenvalue weighted by Crippen LogP contribution is -2.34. The topological polar surface area (TPSA) is 77.4 Å². The minimum atomic E-state index is -0.711. The van der Waals surface area contributed by atoms with Crippen molar-refractivity contribution in [2.75, 3.05) is 14.2 Å². The van der Waals surface area contributed by atoms with E-state index in [0.29, 0.717) is 17.2 Å². The summed E-state index contributed by atoms with van der Waals surface area (Å²) >= 11 is 0. The molecule has 1 aliphatic rings. The Labute approximate surface area is 129 Å². The van der Waals surface area contributed by atoms with E-state index in [-0.39, 0.29) is 17.8 Å². The van der Waals surface area contributed by atoms with Crippen LogP contribution in [0.1, 0.15) is 20.3 Å². The Balaban J connectivity index is 2.30. The van der Waals surface area contributed by atoms with Crippen molar-refractivity contribution >= 4 is 17.9 Å². The molecule has 1 aliphatic heterocycles. The van der Waals surface area contributed by atoms with E-state index in [2.05, 4.69) is 4.99 Å². The van der Waals surface area contributed by atoms with Crippen molar-refractivity contribution in [2.45, 2.75) is 25.9 Å². The van der Waals surface area contributed by atoms with Gasteiger partial charge in [0, 0.05) is 30.8 Å². The van der Waals surface area contributed by atoms with Crippen LogP contribution in [0.3, 0.4) is 0 Å². The van der Waals surface area contributed by atoms with E-state index >= 15 is 0 Å². The van der Waals surface area contributed by atoms with Crippen molar-refractivity contribution in [1.82, 2.24) is 0 Å². The maximum absolute atomic E-state index is 11.9. The molecule has 0 aromatic heterocycles. The molecule has 1 N–H and O–H groups in total. The predicted molar refractivity (Wildman–Crippen MR) is 82.1 cm³/mol. The molecule has 6 nitrogen and oxygen atoms in total. The van der Waals surface area contributed by atoms with Crippen LogP contribution in [0, 0.1) is 0 Å². The second-order valence-corrected chi connectivity index (χ2v) is 5.52. The first kappa shape index (κ1) is 15.9. The van der Waals surface area contributed by atoms with E-state index in [9.17, 15) is 9.90 Å². The summed E-state index contributed by atoms with van der Waals surface area (Å²) < 4.78 is 15.5. The van der Waals surface area contributed by atoms with Gasteiger partial charge in [-0.05, 0) is 13.8 Å². The zero-order chi connectivity index (χ0) is 16.3. The Hall–Kier alpha value is -2.50. The van der Waals surface area contributed by atoms with Gasteiger partial charge in [-0.2, -0.15) is 0 Å². The Morgan fingerprint density at radius 3 is 2.32 bits per heavy atom. The van der Waals surface area contributed by atoms with Gasteiger partial charge in [0.15, 0.2) is 0 Å². The number of hydrogen-bond donors (Lipinski definition) is 1. The first-order chi connectivity index (χ1) is 10.3. The maximum atomic E-state index is 11.9. The molecular formula is C16H19NO5. The third-order valence-corrected chi connectivity index (χ3v) is 3.17. The molecule has 0 atom stereocenters. The number of ether oxygens (including phenoxy) is 3. The minimum absolute atomic E-state index is 0.0279. The van der Waals surface area contributed by atoms with Crippen LogP contribution < -0.4 is 9.47 Å². The van der Waals surface area contributed by atoms with Gasteiger partial charge < -0.3 is 19.3 Å². The zero-order valence-corrected chi connectivity index (χ0v) is 13.0. The smallest absolute Gasteiger partial charge is 0.343 e. The summed E-state index contributed by atoms with van der Waals surface area (Å²) in [6.07, 6.45) is 1.54. The second-order valence-electron chi connectivity index (χ2n) is 5.52. The molecule has 0 unspecified atom stereocenters. The lowest BCUT2D eigenvalue weighted by atomic mass is 9.98. The molecule has 0 fully saturated rings. The van der Waals surface area contributed by atoms with E-state index < -0.39 is 11.6 Å². The molecular weight excluding hydrogens is 286 g/mol. The number of aliphatic hydroxyl groups excluding tert-OH is 1. The van der Waals surface area contributed by atoms with Gasteiger partial charge in [0.25, 0.3) is 0 Å². The number of esters is 1. The van der Waals surface area contributed by atoms with Crippen LogP contribution >= 0.6 is 0 Å². The predicted octanol–water partition coefficient (Wildman–Crippen LogP) is 2.94. The van der Waals surface area contributed by atoms with Crippen LogP contribution in [0.2, 0.25) is 0 Å². The van der Waals surface area contributed by atoms with Crippen LogP contribution in [0.4, 0.5) is 5.69 Å². The first-order valence-corrected chi connectivity index (χ1v) is 6.77. The largest absolute Gasteiger partial charge is 0.511 e. The fourth-order valence-electron chi connectivity index (χ4n) is 2.09. The highest BCUT2D eigenvalue weighted by atomic mass is 16.6. The maximum Gasteiger partial charge on any atom is 0.343 e. The average molecular weight is 305 g/mol. The number of methoxy groups -OCH3 is 2. The molecule has 22 heavy (non-hydrogen) atoms. The highest BCUT2D eigenvalue weighted by Gasteiger charge is 2.33. The normalized spacial score (nSPS) is 17.5. The molecule has 0 spiro atoms. The van der Waals surface area contributed by atoms with Crippen LogP contribution in [-0.2, 0) is 9.53 Å². The van der Waals surface area contributed by atoms with Crippen LogP contribution in [0.25, 0.3) is 0 Å². The zero-order valence-electron chi connectivity index (χ0n) is 13.0. The number of benzene rings is 1. The molecule has 0 bridgehead atoms. The molecule has 6 heteroatoms. The average Bonchev–Trinajstić information content (AvgIpc) is 2.44. The summed E-state index contributed by atoms with van der Waals surface area (Å²) in [5.41, 5.74) is -0.118. The number of carbonyl (C=O) groups excluding carboxylic acids is 1. The monoisotopic (exact) mass is 305 g/mol. The summed E-state index contributed by atoms with van der Waals surface area (Å²) in [6, 6.07) is 5.09. The summed E-state index contributed by atoms with van der Waals surface area (Å²) in [4.78, 5) is 16.1. The van der Waals surface area contributed by atoms with E-state index in [0.717, 1.165) is 0 Å². The summed E-state index contributed by atoms with van der Waals surface area (Å²) in [5, 5.41) is 9.99. The quantitative estimate of drug-likeness (QED) is 0.683. The lowest BCUT2D eigenvalue weighted by molar-refractivity contribution is -0.153. The number of aliphatic imine (C=N–C) groups is 1. The molecule has 0 amide bonds. The number of aliphatic hydroxyl groups is 1. The van der Waals surface area contributed by atoms with Gasteiger partial charge in [-0.1, -0.05) is 0 Å². The fourth-order valence-corrected chi connectivity index (χ4v) is 2.09. The van der Waals surface area contributed by atoms with Gasteiger partial charge in [-0.15, -0.1) is 0 Å². The van der Waals surface area contributed by atoms with Crippen LogP contribution in [0.15, 0.2) is 34.5 Å². The molecule has 1 aromatic rings. The van der Waals surface area contributed by atoms with Crippen LogP contribution in [-0.4, -0.2) is 37.1 Å². The van der Waals surface area contributed by atoms with E-state index in [4.69, 9.17) is 14.2 Å². The Morgan fingerprint density at radius 2 is 1.82 bits per heavy atom. The summed E-state index contributed by atoms with van der Waals surface area (Å²) in [5.74, 6) is 0.543. The molecule has 0 radical (unpaired) electrons. The second kappa shape index (κ2) is 6.09. The van der Waals surface area contributed by atoms with Crippen molar-refractivity contribution < 1.29 is 24.1 Å². The van der Waals surface area contributed by atoms with Gasteiger partial charge in [-0.25, -0.2) is 4.79 Å². The number of rotatable bonds is 4. The Kier molecular flexibility index (Phi) is 4.40. The summed E-state index contributed by atoms with van der Waals surface area (Å²) in [6.45, 7) is 3.48. The molecule has 0 saturated heterocycles. The molecule has 1 heterocycles. The highest BCUT2D eigenvalue weighted by Crippen LogP contribution is 2.30. The van der Waals surface area contributed by atoms with E-state index in [1.54, 1.807) is 32.0 Å². The summed E-state index contributed by atoms with van der Waals surface area (Å²) in [7, 11) is 3.08. The van der Waals surface area contributed by atoms with Crippen molar-refractivity contribution in [2.24, 2.45) is 4.99 Å². The van der Waals surface area contributed by atoms with Crippen molar-refractivity contribution in [3.8, 4) is 11.5 Å². The Bertz CT molecular complexity index is 624. The minimum Gasteiger partial charge on any atom is -0.511 e. The SMILES string of the molecule is COc1cc(N=CC2=C(O)CC(C)(C)OC2=O)cc(OC)c1. The highest BCUT2D eigenvalue weighted by molar-refractivity contribution is 6.11. The number of nitrogens with zero attached hydrogens (tertiary/aromatic N) is 1. The third-order valence-electron chi connectivity index (χ3n) is 3.17. The van der Waals surface area contributed by atoms with Gasteiger partial charge in [0.05, 0.1) is 19.9 Å². The standard InChI is InChI=1S/C16H19NO5/c1-16(2)8-14(18)13(15(19)22-16)9-17-10-5-11(20-3)7-12(6-10)21-4/h5-7,9,18H,8H2,1-4H3. The molecule has 0 saturated carbocycles. The van der Waals surface area contributed by atoms with Gasteiger partial charge >= 0.3 is 5.97 Å². The molecule has 0 aliphatic carbocycles. The third kappa shape index (κ3) is 3.58. The lowest BCUT2D eigenvalue weighted by Gasteiger charge is -2.29. The molecule has 1 aromatic carbocycles. The molecule has 118 valence electrons. The van der Waals surface area contributed by atoms with E-state index in [1.165, 1.54) is 20.4 Å². The Morgan fingerprint density at radius 1 is 1.23 bits per heavy atom.